The topological polar surface area (TPSA) is 58.2 Å². The van der Waals surface area contributed by atoms with E-state index in [-0.39, 0.29) is 16.7 Å². The number of anilines is 2. The van der Waals surface area contributed by atoms with Crippen LogP contribution >= 0.6 is 39.7 Å². The summed E-state index contributed by atoms with van der Waals surface area (Å²) in [6.45, 7) is 0. The van der Waals surface area contributed by atoms with E-state index in [0.717, 1.165) is 4.47 Å². The molecule has 0 atom stereocenters. The van der Waals surface area contributed by atoms with Crippen molar-refractivity contribution in [3.05, 3.63) is 92.4 Å². The smallest absolute Gasteiger partial charge is 0.196 e. The molecule has 7 heteroatoms. The molecule has 28 heavy (non-hydrogen) atoms. The third kappa shape index (κ3) is 3.35. The lowest BCUT2D eigenvalue weighted by Gasteiger charge is -2.21. The average molecular weight is 472 g/mol. The van der Waals surface area contributed by atoms with Crippen molar-refractivity contribution < 1.29 is 9.59 Å². The van der Waals surface area contributed by atoms with Crippen molar-refractivity contribution in [1.82, 2.24) is 0 Å². The Morgan fingerprint density at radius 3 is 2.18 bits per heavy atom. The first-order valence-corrected chi connectivity index (χ1v) is 9.88. The number of fused-ring (bicyclic) bond motifs is 2. The highest BCUT2D eigenvalue weighted by atomic mass is 79.9. The molecule has 0 spiro atoms. The zero-order valence-electron chi connectivity index (χ0n) is 14.3. The maximum atomic E-state index is 13.0. The molecule has 1 aliphatic carbocycles. The largest absolute Gasteiger partial charge is 0.332 e. The van der Waals surface area contributed by atoms with E-state index in [4.69, 9.17) is 23.8 Å². The molecular weight excluding hydrogens is 460 g/mol. The minimum Gasteiger partial charge on any atom is -0.332 e. The van der Waals surface area contributed by atoms with Crippen LogP contribution in [-0.4, -0.2) is 16.7 Å². The Labute approximate surface area is 180 Å². The normalized spacial score (nSPS) is 12.2. The maximum absolute atomic E-state index is 13.0. The van der Waals surface area contributed by atoms with Crippen LogP contribution in [0.1, 0.15) is 31.8 Å². The molecule has 3 aromatic carbocycles. The van der Waals surface area contributed by atoms with Gasteiger partial charge in [0, 0.05) is 21.2 Å². The summed E-state index contributed by atoms with van der Waals surface area (Å²) in [5.74, 6) is -0.388. The first-order chi connectivity index (χ1) is 13.5. The molecule has 3 aromatic rings. The summed E-state index contributed by atoms with van der Waals surface area (Å²) in [5, 5.41) is 6.78. The van der Waals surface area contributed by atoms with Gasteiger partial charge in [-0.15, -0.1) is 0 Å². The number of hydrogen-bond acceptors (Lipinski definition) is 3. The molecule has 0 saturated carbocycles. The number of nitrogens with one attached hydrogen (secondary N) is 2. The van der Waals surface area contributed by atoms with Crippen molar-refractivity contribution in [3.8, 4) is 0 Å². The minimum absolute atomic E-state index is 0.177. The van der Waals surface area contributed by atoms with Gasteiger partial charge in [0.15, 0.2) is 16.7 Å². The van der Waals surface area contributed by atoms with Crippen LogP contribution in [0.25, 0.3) is 0 Å². The van der Waals surface area contributed by atoms with Crippen molar-refractivity contribution in [3.63, 3.8) is 0 Å². The van der Waals surface area contributed by atoms with Gasteiger partial charge in [-0.2, -0.15) is 0 Å². The molecule has 1 aliphatic rings. The van der Waals surface area contributed by atoms with Gasteiger partial charge in [0.25, 0.3) is 0 Å². The number of benzene rings is 3. The Morgan fingerprint density at radius 1 is 0.821 bits per heavy atom. The van der Waals surface area contributed by atoms with Gasteiger partial charge >= 0.3 is 0 Å². The van der Waals surface area contributed by atoms with Crippen molar-refractivity contribution in [2.45, 2.75) is 0 Å². The summed E-state index contributed by atoms with van der Waals surface area (Å²) < 4.78 is 0.849. The number of hydrogen-bond donors (Lipinski definition) is 2. The van der Waals surface area contributed by atoms with Gasteiger partial charge in [-0.3, -0.25) is 9.59 Å². The highest BCUT2D eigenvalue weighted by Crippen LogP contribution is 2.32. The van der Waals surface area contributed by atoms with Crippen LogP contribution in [0.5, 0.6) is 0 Å². The summed E-state index contributed by atoms with van der Waals surface area (Å²) in [6, 6.07) is 17.3. The SMILES string of the molecule is O=C1c2ccccc2C(=O)c2c(NC(=S)Nc3ccc(Br)cc3Cl)cccc21. The monoisotopic (exact) mass is 470 g/mol. The van der Waals surface area contributed by atoms with E-state index >= 15 is 0 Å². The molecule has 0 bridgehead atoms. The Balaban J connectivity index is 1.66. The summed E-state index contributed by atoms with van der Waals surface area (Å²) in [7, 11) is 0. The lowest BCUT2D eigenvalue weighted by molar-refractivity contribution is 0.0979. The Kier molecular flexibility index (Phi) is 5.02. The number of carbonyl (C=O) groups is 2. The zero-order valence-corrected chi connectivity index (χ0v) is 17.4. The number of ketones is 2. The van der Waals surface area contributed by atoms with Crippen molar-refractivity contribution >= 4 is 67.8 Å². The van der Waals surface area contributed by atoms with Gasteiger partial charge in [0.05, 0.1) is 22.0 Å². The molecule has 0 amide bonds. The predicted molar refractivity (Wildman–Crippen MR) is 119 cm³/mol. The quantitative estimate of drug-likeness (QED) is 0.368. The van der Waals surface area contributed by atoms with E-state index in [0.29, 0.717) is 38.7 Å². The number of thiocarbonyl (C=S) groups is 1. The van der Waals surface area contributed by atoms with Crippen LogP contribution in [0.15, 0.2) is 65.1 Å². The molecule has 4 rings (SSSR count). The Morgan fingerprint density at radius 2 is 1.46 bits per heavy atom. The molecule has 0 heterocycles. The van der Waals surface area contributed by atoms with Crippen molar-refractivity contribution in [1.29, 1.82) is 0 Å². The zero-order chi connectivity index (χ0) is 19.8. The Hall–Kier alpha value is -2.54. The fourth-order valence-corrected chi connectivity index (χ4v) is 4.06. The van der Waals surface area contributed by atoms with Crippen molar-refractivity contribution in [2.24, 2.45) is 0 Å². The lowest BCUT2D eigenvalue weighted by Crippen LogP contribution is -2.25. The number of rotatable bonds is 2. The number of halogens is 2. The molecule has 0 aliphatic heterocycles. The molecule has 0 fully saturated rings. The molecular formula is C21H12BrClN2O2S. The van der Waals surface area contributed by atoms with E-state index in [1.54, 1.807) is 54.6 Å². The summed E-state index contributed by atoms with van der Waals surface area (Å²) in [6.07, 6.45) is 0. The first kappa shape index (κ1) is 18.8. The lowest BCUT2D eigenvalue weighted by atomic mass is 9.83. The van der Waals surface area contributed by atoms with Crippen LogP contribution in [0, 0.1) is 0 Å². The molecule has 0 radical (unpaired) electrons. The number of carbonyl (C=O) groups excluding carboxylic acids is 2. The van der Waals surface area contributed by atoms with Crippen LogP contribution in [0.4, 0.5) is 11.4 Å². The van der Waals surface area contributed by atoms with Gasteiger partial charge < -0.3 is 10.6 Å². The Bertz CT molecular complexity index is 1160. The van der Waals surface area contributed by atoms with Gasteiger partial charge in [-0.25, -0.2) is 0 Å². The predicted octanol–water partition coefficient (Wildman–Crippen LogP) is 5.69. The molecule has 0 aromatic heterocycles. The molecule has 2 N–H and O–H groups in total. The van der Waals surface area contributed by atoms with E-state index in [9.17, 15) is 9.59 Å². The van der Waals surface area contributed by atoms with Gasteiger partial charge in [0.2, 0.25) is 0 Å². The third-order valence-electron chi connectivity index (χ3n) is 4.38. The van der Waals surface area contributed by atoms with E-state index < -0.39 is 0 Å². The second kappa shape index (κ2) is 7.47. The second-order valence-corrected chi connectivity index (χ2v) is 7.87. The van der Waals surface area contributed by atoms with E-state index in [1.165, 1.54) is 0 Å². The highest BCUT2D eigenvalue weighted by Gasteiger charge is 2.31. The second-order valence-electron chi connectivity index (χ2n) is 6.14. The highest BCUT2D eigenvalue weighted by molar-refractivity contribution is 9.10. The maximum Gasteiger partial charge on any atom is 0.196 e. The molecule has 0 unspecified atom stereocenters. The molecule has 138 valence electrons. The fraction of sp³-hybridized carbons (Fsp3) is 0. The van der Waals surface area contributed by atoms with Gasteiger partial charge in [0.1, 0.15) is 0 Å². The van der Waals surface area contributed by atoms with Crippen molar-refractivity contribution in [2.75, 3.05) is 10.6 Å². The van der Waals surface area contributed by atoms with Crippen LogP contribution in [0.3, 0.4) is 0 Å². The fourth-order valence-electron chi connectivity index (χ4n) is 3.12. The van der Waals surface area contributed by atoms with E-state index in [2.05, 4.69) is 26.6 Å². The summed E-state index contributed by atoms with van der Waals surface area (Å²) in [5.41, 5.74) is 2.58. The third-order valence-corrected chi connectivity index (χ3v) is 5.39. The average Bonchev–Trinajstić information content (AvgIpc) is 2.68. The molecule has 4 nitrogen and oxygen atoms in total. The van der Waals surface area contributed by atoms with Gasteiger partial charge in [-0.05, 0) is 36.5 Å². The summed E-state index contributed by atoms with van der Waals surface area (Å²) in [4.78, 5) is 25.8. The van der Waals surface area contributed by atoms with Gasteiger partial charge in [-0.1, -0.05) is 63.9 Å². The van der Waals surface area contributed by atoms with Crippen LogP contribution in [0.2, 0.25) is 5.02 Å². The minimum atomic E-state index is -0.210. The summed E-state index contributed by atoms with van der Waals surface area (Å²) >= 11 is 14.9. The standard InChI is InChI=1S/C21H12BrClN2O2S/c22-11-8-9-16(15(23)10-11)24-21(28)25-17-7-3-6-14-18(17)20(27)13-5-2-1-4-12(13)19(14)26/h1-10H,(H2,24,25,28). The molecule has 0 saturated heterocycles. The van der Waals surface area contributed by atoms with Crippen LogP contribution < -0.4 is 10.6 Å². The van der Waals surface area contributed by atoms with E-state index in [1.807, 2.05) is 6.07 Å². The first-order valence-electron chi connectivity index (χ1n) is 8.30. The van der Waals surface area contributed by atoms with Crippen LogP contribution in [-0.2, 0) is 0 Å².